The Morgan fingerprint density at radius 2 is 2.05 bits per heavy atom. The second-order valence-electron chi connectivity index (χ2n) is 4.90. The van der Waals surface area contributed by atoms with Crippen molar-refractivity contribution in [3.63, 3.8) is 0 Å². The molecule has 1 aliphatic carbocycles. The number of anilines is 2. The van der Waals surface area contributed by atoms with Gasteiger partial charge >= 0.3 is 0 Å². The molecule has 0 bridgehead atoms. The van der Waals surface area contributed by atoms with E-state index in [1.807, 2.05) is 13.8 Å². The molecule has 1 aromatic heterocycles. The number of nitrogens with zero attached hydrogens (tertiary/aromatic N) is 2. The van der Waals surface area contributed by atoms with Crippen LogP contribution >= 0.6 is 11.3 Å². The first-order valence-electron chi connectivity index (χ1n) is 7.13. The van der Waals surface area contributed by atoms with Crippen LogP contribution in [0.3, 0.4) is 0 Å². The lowest BCUT2D eigenvalue weighted by Crippen LogP contribution is -2.39. The summed E-state index contributed by atoms with van der Waals surface area (Å²) < 4.78 is 0. The van der Waals surface area contributed by atoms with E-state index in [2.05, 4.69) is 15.6 Å². The molecule has 1 saturated carbocycles. The van der Waals surface area contributed by atoms with Gasteiger partial charge in [-0.15, -0.1) is 0 Å². The van der Waals surface area contributed by atoms with Crippen LogP contribution in [0.15, 0.2) is 0 Å². The summed E-state index contributed by atoms with van der Waals surface area (Å²) in [4.78, 5) is 30.1. The minimum Gasteiger partial charge on any atom is -0.382 e. The quantitative estimate of drug-likeness (QED) is 0.694. The highest BCUT2D eigenvalue weighted by molar-refractivity contribution is 7.18. The van der Waals surface area contributed by atoms with Gasteiger partial charge in [-0.05, 0) is 26.7 Å². The maximum atomic E-state index is 12.1. The first kappa shape index (κ1) is 15.6. The Morgan fingerprint density at radius 3 is 2.62 bits per heavy atom. The molecular weight excluding hydrogens is 290 g/mol. The third-order valence-corrected chi connectivity index (χ3v) is 4.28. The van der Waals surface area contributed by atoms with E-state index in [1.54, 1.807) is 4.90 Å². The van der Waals surface area contributed by atoms with Crippen LogP contribution in [0.4, 0.5) is 10.9 Å². The fraction of sp³-hybridized carbons (Fsp3) is 0.615. The van der Waals surface area contributed by atoms with E-state index < -0.39 is 0 Å². The molecule has 2 rings (SSSR count). The number of carbonyl (C=O) groups excluding carboxylic acids is 2. The van der Waals surface area contributed by atoms with Gasteiger partial charge < -0.3 is 21.3 Å². The molecule has 1 aromatic rings. The fourth-order valence-electron chi connectivity index (χ4n) is 1.88. The molecule has 1 aliphatic rings. The predicted octanol–water partition coefficient (Wildman–Crippen LogP) is 0.898. The van der Waals surface area contributed by atoms with Crippen molar-refractivity contribution < 1.29 is 9.59 Å². The molecule has 0 unspecified atom stereocenters. The number of nitrogens with two attached hydrogens (primary N) is 1. The fourth-order valence-corrected chi connectivity index (χ4v) is 2.76. The molecule has 2 amide bonds. The number of amides is 2. The molecule has 21 heavy (non-hydrogen) atoms. The van der Waals surface area contributed by atoms with Crippen LogP contribution < -0.4 is 16.4 Å². The second kappa shape index (κ2) is 6.75. The van der Waals surface area contributed by atoms with Crippen LogP contribution in [-0.4, -0.2) is 47.4 Å². The predicted molar refractivity (Wildman–Crippen MR) is 83.4 cm³/mol. The van der Waals surface area contributed by atoms with Crippen molar-refractivity contribution in [1.29, 1.82) is 0 Å². The molecule has 0 atom stereocenters. The lowest BCUT2D eigenvalue weighted by molar-refractivity contribution is -0.129. The normalized spacial score (nSPS) is 13.8. The summed E-state index contributed by atoms with van der Waals surface area (Å²) in [6.07, 6.45) is 2.25. The van der Waals surface area contributed by atoms with E-state index in [0.717, 1.165) is 12.8 Å². The van der Waals surface area contributed by atoms with Crippen LogP contribution in [0.2, 0.25) is 0 Å². The van der Waals surface area contributed by atoms with Crippen molar-refractivity contribution in [3.05, 3.63) is 4.88 Å². The number of carbonyl (C=O) groups is 2. The number of hydrogen-bond donors (Lipinski definition) is 3. The van der Waals surface area contributed by atoms with Crippen LogP contribution in [0.5, 0.6) is 0 Å². The molecule has 116 valence electrons. The highest BCUT2D eigenvalue weighted by Crippen LogP contribution is 2.30. The first-order valence-corrected chi connectivity index (χ1v) is 7.95. The SMILES string of the molecule is CCN(CC)C(=O)CNC(=O)c1sc(NC2CC2)nc1N. The van der Waals surface area contributed by atoms with Crippen LogP contribution in [0, 0.1) is 0 Å². The lowest BCUT2D eigenvalue weighted by atomic mass is 10.4. The van der Waals surface area contributed by atoms with Gasteiger partial charge in [-0.25, -0.2) is 4.98 Å². The number of thiazole rings is 1. The van der Waals surface area contributed by atoms with Crippen LogP contribution in [0.1, 0.15) is 36.4 Å². The molecule has 8 heteroatoms. The summed E-state index contributed by atoms with van der Waals surface area (Å²) in [6.45, 7) is 5.04. The van der Waals surface area contributed by atoms with Crippen molar-refractivity contribution in [2.45, 2.75) is 32.7 Å². The largest absolute Gasteiger partial charge is 0.382 e. The number of nitrogens with one attached hydrogen (secondary N) is 2. The Balaban J connectivity index is 1.90. The van der Waals surface area contributed by atoms with Crippen molar-refractivity contribution >= 4 is 34.1 Å². The Kier molecular flexibility index (Phi) is 5.00. The molecule has 0 aliphatic heterocycles. The summed E-state index contributed by atoms with van der Waals surface area (Å²) in [5, 5.41) is 6.47. The summed E-state index contributed by atoms with van der Waals surface area (Å²) in [7, 11) is 0. The highest BCUT2D eigenvalue weighted by atomic mass is 32.1. The zero-order chi connectivity index (χ0) is 15.4. The Labute approximate surface area is 127 Å². The van der Waals surface area contributed by atoms with Gasteiger partial charge in [-0.3, -0.25) is 9.59 Å². The summed E-state index contributed by atoms with van der Waals surface area (Å²) >= 11 is 1.22. The minimum atomic E-state index is -0.352. The Bertz CT molecular complexity index is 523. The molecule has 0 aromatic carbocycles. The van der Waals surface area contributed by atoms with Crippen molar-refractivity contribution in [2.75, 3.05) is 30.7 Å². The molecule has 7 nitrogen and oxygen atoms in total. The van der Waals surface area contributed by atoms with Crippen molar-refractivity contribution in [1.82, 2.24) is 15.2 Å². The maximum absolute atomic E-state index is 12.1. The minimum absolute atomic E-state index is 0.0246. The zero-order valence-electron chi connectivity index (χ0n) is 12.3. The van der Waals surface area contributed by atoms with Crippen molar-refractivity contribution in [3.8, 4) is 0 Å². The van der Waals surface area contributed by atoms with E-state index in [9.17, 15) is 9.59 Å². The first-order chi connectivity index (χ1) is 10.0. The van der Waals surface area contributed by atoms with Gasteiger partial charge in [0.25, 0.3) is 5.91 Å². The third-order valence-electron chi connectivity index (χ3n) is 3.28. The third kappa shape index (κ3) is 4.07. The smallest absolute Gasteiger partial charge is 0.265 e. The average Bonchev–Trinajstić information content (AvgIpc) is 3.19. The lowest BCUT2D eigenvalue weighted by Gasteiger charge is -2.18. The Hall–Kier alpha value is -1.83. The topological polar surface area (TPSA) is 100 Å². The molecule has 1 heterocycles. The zero-order valence-corrected chi connectivity index (χ0v) is 13.1. The van der Waals surface area contributed by atoms with E-state index >= 15 is 0 Å². The van der Waals surface area contributed by atoms with Gasteiger partial charge in [0.2, 0.25) is 5.91 Å². The van der Waals surface area contributed by atoms with Gasteiger partial charge in [0.15, 0.2) is 5.13 Å². The Morgan fingerprint density at radius 1 is 1.38 bits per heavy atom. The van der Waals surface area contributed by atoms with Crippen LogP contribution in [0.25, 0.3) is 0 Å². The molecular formula is C13H21N5O2S. The monoisotopic (exact) mass is 311 g/mol. The average molecular weight is 311 g/mol. The molecule has 0 spiro atoms. The number of aromatic nitrogens is 1. The van der Waals surface area contributed by atoms with E-state index in [1.165, 1.54) is 11.3 Å². The van der Waals surface area contributed by atoms with Gasteiger partial charge in [0.1, 0.15) is 10.7 Å². The molecule has 1 fully saturated rings. The van der Waals surface area contributed by atoms with E-state index in [4.69, 9.17) is 5.73 Å². The van der Waals surface area contributed by atoms with E-state index in [-0.39, 0.29) is 24.2 Å². The van der Waals surface area contributed by atoms with Crippen molar-refractivity contribution in [2.24, 2.45) is 0 Å². The number of hydrogen-bond acceptors (Lipinski definition) is 6. The van der Waals surface area contributed by atoms with Gasteiger partial charge in [-0.2, -0.15) is 0 Å². The van der Waals surface area contributed by atoms with E-state index in [0.29, 0.717) is 29.1 Å². The molecule has 0 saturated heterocycles. The van der Waals surface area contributed by atoms with Gasteiger partial charge in [0.05, 0.1) is 6.54 Å². The van der Waals surface area contributed by atoms with Gasteiger partial charge in [-0.1, -0.05) is 11.3 Å². The summed E-state index contributed by atoms with van der Waals surface area (Å²) in [6, 6.07) is 0.454. The molecule has 0 radical (unpaired) electrons. The standard InChI is InChI=1S/C13H21N5O2S/c1-3-18(4-2)9(19)7-15-12(20)10-11(14)17-13(21-10)16-8-5-6-8/h8H,3-7,14H2,1-2H3,(H,15,20)(H,16,17). The van der Waals surface area contributed by atoms with Gasteiger partial charge in [0, 0.05) is 19.1 Å². The summed E-state index contributed by atoms with van der Waals surface area (Å²) in [5.74, 6) is -0.252. The highest BCUT2D eigenvalue weighted by Gasteiger charge is 2.24. The maximum Gasteiger partial charge on any atom is 0.265 e. The van der Waals surface area contributed by atoms with Crippen LogP contribution in [-0.2, 0) is 4.79 Å². The second-order valence-corrected chi connectivity index (χ2v) is 5.90. The number of nitrogen functional groups attached to an aromatic ring is 1. The number of rotatable bonds is 7. The number of likely N-dealkylation sites (N-methyl/N-ethyl adjacent to an activating group) is 1. The molecule has 4 N–H and O–H groups in total. The summed E-state index contributed by atoms with van der Waals surface area (Å²) in [5.41, 5.74) is 5.76.